The minimum atomic E-state index is -0.769. The van der Waals surface area contributed by atoms with Crippen LogP contribution >= 0.6 is 11.8 Å². The van der Waals surface area contributed by atoms with Crippen LogP contribution in [0.5, 0.6) is 0 Å². The first-order valence-corrected chi connectivity index (χ1v) is 7.95. The fraction of sp³-hybridized carbons (Fsp3) is 0.333. The van der Waals surface area contributed by atoms with Gasteiger partial charge in [-0.3, -0.25) is 9.69 Å². The van der Waals surface area contributed by atoms with E-state index in [1.54, 1.807) is 11.8 Å². The van der Waals surface area contributed by atoms with Gasteiger partial charge in [-0.05, 0) is 0 Å². The molecule has 1 fully saturated rings. The van der Waals surface area contributed by atoms with Gasteiger partial charge in [0.15, 0.2) is 5.76 Å². The van der Waals surface area contributed by atoms with E-state index in [2.05, 4.69) is 5.16 Å². The molecule has 3 rings (SSSR count). The Labute approximate surface area is 126 Å². The third kappa shape index (κ3) is 3.28. The molecule has 1 N–H and O–H groups in total. The van der Waals surface area contributed by atoms with Gasteiger partial charge >= 0.3 is 5.97 Å². The molecule has 5 nitrogen and oxygen atoms in total. The molecule has 0 saturated carbocycles. The number of nitrogens with zero attached hydrogens (tertiary/aromatic N) is 2. The number of rotatable bonds is 4. The predicted molar refractivity (Wildman–Crippen MR) is 81.1 cm³/mol. The van der Waals surface area contributed by atoms with Gasteiger partial charge in [-0.15, -0.1) is 0 Å². The number of carboxylic acid groups (broad SMARTS) is 1. The number of aliphatic carboxylic acids is 1. The van der Waals surface area contributed by atoms with E-state index in [0.29, 0.717) is 18.1 Å². The molecule has 21 heavy (non-hydrogen) atoms. The summed E-state index contributed by atoms with van der Waals surface area (Å²) in [6.45, 7) is 1.27. The standard InChI is InChI=1S/C15H16N2O3S/c18-15(19)13-10-21-7-6-17(13)9-12-8-14(20-16-12)11-4-2-1-3-5-11/h1-5,8,13H,6-7,9-10H2,(H,18,19). The van der Waals surface area contributed by atoms with E-state index in [1.165, 1.54) is 0 Å². The maximum absolute atomic E-state index is 11.3. The predicted octanol–water partition coefficient (Wildman–Crippen LogP) is 2.34. The van der Waals surface area contributed by atoms with Gasteiger partial charge in [-0.25, -0.2) is 0 Å². The van der Waals surface area contributed by atoms with Gasteiger partial charge in [-0.2, -0.15) is 11.8 Å². The summed E-state index contributed by atoms with van der Waals surface area (Å²) < 4.78 is 5.36. The van der Waals surface area contributed by atoms with Gasteiger partial charge in [0.05, 0.1) is 5.69 Å². The second kappa shape index (κ2) is 6.32. The van der Waals surface area contributed by atoms with Crippen LogP contribution in [-0.4, -0.2) is 45.2 Å². The minimum Gasteiger partial charge on any atom is -0.480 e. The Balaban J connectivity index is 1.73. The van der Waals surface area contributed by atoms with Crippen molar-refractivity contribution in [2.24, 2.45) is 0 Å². The molecule has 1 atom stereocenters. The highest BCUT2D eigenvalue weighted by atomic mass is 32.2. The summed E-state index contributed by atoms with van der Waals surface area (Å²) in [5.74, 6) is 1.52. The normalized spacial score (nSPS) is 19.5. The number of carbonyl (C=O) groups is 1. The van der Waals surface area contributed by atoms with E-state index in [9.17, 15) is 9.90 Å². The van der Waals surface area contributed by atoms with Crippen LogP contribution in [0.2, 0.25) is 0 Å². The van der Waals surface area contributed by atoms with Gasteiger partial charge in [0.1, 0.15) is 6.04 Å². The second-order valence-corrected chi connectivity index (χ2v) is 6.10. The van der Waals surface area contributed by atoms with Crippen LogP contribution in [0, 0.1) is 0 Å². The summed E-state index contributed by atoms with van der Waals surface area (Å²) >= 11 is 1.68. The third-order valence-electron chi connectivity index (χ3n) is 3.51. The molecule has 2 aromatic rings. The zero-order chi connectivity index (χ0) is 14.7. The van der Waals surface area contributed by atoms with Crippen molar-refractivity contribution in [1.82, 2.24) is 10.1 Å². The summed E-state index contributed by atoms with van der Waals surface area (Å²) in [7, 11) is 0. The summed E-state index contributed by atoms with van der Waals surface area (Å²) in [5.41, 5.74) is 1.74. The second-order valence-electron chi connectivity index (χ2n) is 4.95. The Kier molecular flexibility index (Phi) is 4.26. The monoisotopic (exact) mass is 304 g/mol. The molecule has 110 valence electrons. The third-order valence-corrected chi connectivity index (χ3v) is 4.53. The maximum Gasteiger partial charge on any atom is 0.321 e. The minimum absolute atomic E-state index is 0.444. The van der Waals surface area contributed by atoms with Crippen molar-refractivity contribution in [1.29, 1.82) is 0 Å². The molecule has 2 heterocycles. The molecule has 1 aromatic carbocycles. The summed E-state index contributed by atoms with van der Waals surface area (Å²) in [5, 5.41) is 13.3. The molecule has 0 amide bonds. The average Bonchev–Trinajstić information content (AvgIpc) is 2.97. The Morgan fingerprint density at radius 1 is 1.43 bits per heavy atom. The topological polar surface area (TPSA) is 66.6 Å². The van der Waals surface area contributed by atoms with Crippen LogP contribution in [0.4, 0.5) is 0 Å². The molecular formula is C15H16N2O3S. The van der Waals surface area contributed by atoms with Crippen molar-refractivity contribution in [3.05, 3.63) is 42.1 Å². The lowest BCUT2D eigenvalue weighted by molar-refractivity contribution is -0.142. The highest BCUT2D eigenvalue weighted by molar-refractivity contribution is 7.99. The first-order chi connectivity index (χ1) is 10.2. The average molecular weight is 304 g/mol. The highest BCUT2D eigenvalue weighted by Crippen LogP contribution is 2.23. The Bertz CT molecular complexity index is 614. The summed E-state index contributed by atoms with van der Waals surface area (Å²) in [6, 6.07) is 11.2. The molecule has 1 aromatic heterocycles. The van der Waals surface area contributed by atoms with E-state index in [0.717, 1.165) is 23.6 Å². The Morgan fingerprint density at radius 2 is 2.24 bits per heavy atom. The lowest BCUT2D eigenvalue weighted by Crippen LogP contribution is -2.46. The van der Waals surface area contributed by atoms with Gasteiger partial charge in [0.25, 0.3) is 0 Å². The van der Waals surface area contributed by atoms with Crippen LogP contribution < -0.4 is 0 Å². The molecule has 6 heteroatoms. The van der Waals surface area contributed by atoms with Crippen molar-refractivity contribution in [3.8, 4) is 11.3 Å². The number of thioether (sulfide) groups is 1. The number of benzene rings is 1. The van der Waals surface area contributed by atoms with Crippen molar-refractivity contribution in [3.63, 3.8) is 0 Å². The Morgan fingerprint density at radius 3 is 3.00 bits per heavy atom. The van der Waals surface area contributed by atoms with Crippen molar-refractivity contribution >= 4 is 17.7 Å². The molecule has 0 bridgehead atoms. The number of hydrogen-bond acceptors (Lipinski definition) is 5. The molecule has 1 unspecified atom stereocenters. The SMILES string of the molecule is O=C(O)C1CSCCN1Cc1cc(-c2ccccc2)on1. The highest BCUT2D eigenvalue weighted by Gasteiger charge is 2.29. The van der Waals surface area contributed by atoms with Crippen LogP contribution in [-0.2, 0) is 11.3 Å². The van der Waals surface area contributed by atoms with Crippen LogP contribution in [0.15, 0.2) is 40.9 Å². The van der Waals surface area contributed by atoms with E-state index in [-0.39, 0.29) is 0 Å². The molecular weight excluding hydrogens is 288 g/mol. The summed E-state index contributed by atoms with van der Waals surface area (Å²) in [6.07, 6.45) is 0. The molecule has 1 aliphatic rings. The largest absolute Gasteiger partial charge is 0.480 e. The van der Waals surface area contributed by atoms with E-state index in [1.807, 2.05) is 41.3 Å². The quantitative estimate of drug-likeness (QED) is 0.935. The van der Waals surface area contributed by atoms with Gasteiger partial charge < -0.3 is 9.63 Å². The lowest BCUT2D eigenvalue weighted by atomic mass is 10.1. The van der Waals surface area contributed by atoms with Crippen molar-refractivity contribution in [2.45, 2.75) is 12.6 Å². The van der Waals surface area contributed by atoms with E-state index in [4.69, 9.17) is 4.52 Å². The van der Waals surface area contributed by atoms with E-state index < -0.39 is 12.0 Å². The number of hydrogen-bond donors (Lipinski definition) is 1. The molecule has 1 saturated heterocycles. The molecule has 1 aliphatic heterocycles. The smallest absolute Gasteiger partial charge is 0.321 e. The zero-order valence-electron chi connectivity index (χ0n) is 11.4. The van der Waals surface area contributed by atoms with Crippen LogP contribution in [0.3, 0.4) is 0 Å². The summed E-state index contributed by atoms with van der Waals surface area (Å²) in [4.78, 5) is 13.2. The van der Waals surface area contributed by atoms with Crippen LogP contribution in [0.1, 0.15) is 5.69 Å². The molecule has 0 spiro atoms. The fourth-order valence-electron chi connectivity index (χ4n) is 2.39. The Hall–Kier alpha value is -1.79. The lowest BCUT2D eigenvalue weighted by Gasteiger charge is -2.31. The number of carboxylic acids is 1. The van der Waals surface area contributed by atoms with Crippen LogP contribution in [0.25, 0.3) is 11.3 Å². The number of aromatic nitrogens is 1. The molecule has 0 aliphatic carbocycles. The van der Waals surface area contributed by atoms with E-state index >= 15 is 0 Å². The first-order valence-electron chi connectivity index (χ1n) is 6.79. The van der Waals surface area contributed by atoms with Gasteiger partial charge in [-0.1, -0.05) is 35.5 Å². The fourth-order valence-corrected chi connectivity index (χ4v) is 3.49. The van der Waals surface area contributed by atoms with Crippen molar-refractivity contribution in [2.75, 3.05) is 18.1 Å². The first kappa shape index (κ1) is 14.2. The zero-order valence-corrected chi connectivity index (χ0v) is 12.3. The molecule has 0 radical (unpaired) electrons. The van der Waals surface area contributed by atoms with Gasteiger partial charge in [0, 0.05) is 36.2 Å². The maximum atomic E-state index is 11.3. The van der Waals surface area contributed by atoms with Crippen molar-refractivity contribution < 1.29 is 14.4 Å². The van der Waals surface area contributed by atoms with Gasteiger partial charge in [0.2, 0.25) is 0 Å².